The Morgan fingerprint density at radius 3 is 2.80 bits per heavy atom. The number of ketones is 1. The van der Waals surface area contributed by atoms with Gasteiger partial charge >= 0.3 is 0 Å². The molecule has 1 atom stereocenters. The Hall–Kier alpha value is -1.94. The number of Topliss-reactive ketones (excluding diaryl/α,β-unsaturated/α-hetero) is 1. The number of halogens is 3. The third-order valence-electron chi connectivity index (χ3n) is 3.21. The number of hydrogen-bond donors (Lipinski definition) is 0. The van der Waals surface area contributed by atoms with Gasteiger partial charge in [0.25, 0.3) is 0 Å². The van der Waals surface area contributed by atoms with E-state index >= 15 is 0 Å². The molecule has 3 rings (SSSR count). The molecule has 0 aromatic heterocycles. The van der Waals surface area contributed by atoms with Gasteiger partial charge in [-0.25, -0.2) is 8.78 Å². The molecule has 0 spiro atoms. The highest BCUT2D eigenvalue weighted by Gasteiger charge is 2.30. The maximum Gasteiger partial charge on any atom is 0.170 e. The molecule has 0 saturated heterocycles. The molecule has 1 heterocycles. The van der Waals surface area contributed by atoms with Gasteiger partial charge in [-0.3, -0.25) is 4.79 Å². The zero-order valence-corrected chi connectivity index (χ0v) is 11.0. The van der Waals surface area contributed by atoms with E-state index in [-0.39, 0.29) is 17.8 Å². The lowest BCUT2D eigenvalue weighted by molar-refractivity contribution is 0.0845. The summed E-state index contributed by atoms with van der Waals surface area (Å²) in [6.45, 7) is 0. The number of benzene rings is 2. The molecule has 0 saturated carbocycles. The highest BCUT2D eigenvalue weighted by Crippen LogP contribution is 2.37. The third kappa shape index (κ3) is 2.16. The van der Waals surface area contributed by atoms with Crippen LogP contribution in [0.5, 0.6) is 5.75 Å². The summed E-state index contributed by atoms with van der Waals surface area (Å²) in [7, 11) is 0. The average Bonchev–Trinajstić information content (AvgIpc) is 2.42. The van der Waals surface area contributed by atoms with Gasteiger partial charge in [0.05, 0.1) is 12.0 Å². The molecule has 2 nitrogen and oxygen atoms in total. The first-order valence-electron chi connectivity index (χ1n) is 5.99. The topological polar surface area (TPSA) is 26.3 Å². The van der Waals surface area contributed by atoms with E-state index in [1.165, 1.54) is 18.2 Å². The lowest BCUT2D eigenvalue weighted by Gasteiger charge is -2.25. The summed E-state index contributed by atoms with van der Waals surface area (Å²) in [6, 6.07) is 8.47. The summed E-state index contributed by atoms with van der Waals surface area (Å²) >= 11 is 5.82. The van der Waals surface area contributed by atoms with E-state index in [1.54, 1.807) is 12.1 Å². The van der Waals surface area contributed by atoms with Gasteiger partial charge in [0, 0.05) is 10.6 Å². The van der Waals surface area contributed by atoms with E-state index in [9.17, 15) is 13.6 Å². The average molecular weight is 295 g/mol. The molecular weight excluding hydrogens is 286 g/mol. The molecule has 2 aromatic carbocycles. The van der Waals surface area contributed by atoms with Crippen molar-refractivity contribution in [2.45, 2.75) is 12.5 Å². The number of ether oxygens (including phenoxy) is 1. The molecule has 5 heteroatoms. The van der Waals surface area contributed by atoms with Crippen molar-refractivity contribution in [2.24, 2.45) is 0 Å². The molecule has 1 aliphatic rings. The molecule has 0 N–H and O–H groups in total. The number of rotatable bonds is 1. The van der Waals surface area contributed by atoms with Gasteiger partial charge in [-0.15, -0.1) is 0 Å². The van der Waals surface area contributed by atoms with Crippen LogP contribution in [0.4, 0.5) is 8.78 Å². The molecule has 20 heavy (non-hydrogen) atoms. The second-order valence-corrected chi connectivity index (χ2v) is 4.95. The summed E-state index contributed by atoms with van der Waals surface area (Å²) in [6.07, 6.45) is -0.875. The van der Waals surface area contributed by atoms with Gasteiger partial charge in [-0.05, 0) is 24.3 Å². The molecule has 0 bridgehead atoms. The minimum absolute atomic E-state index is 0.0407. The van der Waals surface area contributed by atoms with E-state index in [0.29, 0.717) is 16.3 Å². The SMILES string of the molecule is O=C1CC(c2cccc(F)c2F)Oc2ccc(Cl)cc21. The molecule has 1 unspecified atom stereocenters. The first-order chi connectivity index (χ1) is 9.56. The normalized spacial score (nSPS) is 17.6. The monoisotopic (exact) mass is 294 g/mol. The molecule has 1 aliphatic heterocycles. The van der Waals surface area contributed by atoms with Crippen molar-refractivity contribution in [3.63, 3.8) is 0 Å². The highest BCUT2D eigenvalue weighted by molar-refractivity contribution is 6.31. The number of carbonyl (C=O) groups is 1. The molecule has 0 amide bonds. The first-order valence-corrected chi connectivity index (χ1v) is 6.37. The number of fused-ring (bicyclic) bond motifs is 1. The number of hydrogen-bond acceptors (Lipinski definition) is 2. The fourth-order valence-corrected chi connectivity index (χ4v) is 2.41. The van der Waals surface area contributed by atoms with E-state index in [1.807, 2.05) is 0 Å². The Morgan fingerprint density at radius 1 is 1.20 bits per heavy atom. The van der Waals surface area contributed by atoms with Gasteiger partial charge in [0.1, 0.15) is 11.9 Å². The molecule has 0 aliphatic carbocycles. The van der Waals surface area contributed by atoms with Crippen molar-refractivity contribution in [1.29, 1.82) is 0 Å². The predicted octanol–water partition coefficient (Wildman–Crippen LogP) is 4.32. The molecular formula is C15H9ClF2O2. The summed E-state index contributed by atoms with van der Waals surface area (Å²) in [5, 5.41) is 0.427. The van der Waals surface area contributed by atoms with E-state index in [2.05, 4.69) is 0 Å². The zero-order chi connectivity index (χ0) is 14.3. The lowest BCUT2D eigenvalue weighted by atomic mass is 9.96. The zero-order valence-electron chi connectivity index (χ0n) is 10.2. The van der Waals surface area contributed by atoms with Crippen molar-refractivity contribution >= 4 is 17.4 Å². The third-order valence-corrected chi connectivity index (χ3v) is 3.45. The van der Waals surface area contributed by atoms with Crippen LogP contribution in [0.15, 0.2) is 36.4 Å². The van der Waals surface area contributed by atoms with Crippen LogP contribution in [0.2, 0.25) is 5.02 Å². The maximum absolute atomic E-state index is 13.8. The smallest absolute Gasteiger partial charge is 0.170 e. The van der Waals surface area contributed by atoms with Gasteiger partial charge in [0.15, 0.2) is 17.4 Å². The molecule has 0 radical (unpaired) electrons. The predicted molar refractivity (Wildman–Crippen MR) is 70.1 cm³/mol. The van der Waals surface area contributed by atoms with Gasteiger partial charge in [-0.1, -0.05) is 23.7 Å². The summed E-state index contributed by atoms with van der Waals surface area (Å²) in [4.78, 5) is 12.1. The Bertz CT molecular complexity index is 700. The van der Waals surface area contributed by atoms with Crippen LogP contribution in [0.1, 0.15) is 28.4 Å². The van der Waals surface area contributed by atoms with Gasteiger partial charge < -0.3 is 4.74 Å². The van der Waals surface area contributed by atoms with Crippen molar-refractivity contribution < 1.29 is 18.3 Å². The summed E-state index contributed by atoms with van der Waals surface area (Å²) in [5.74, 6) is -1.81. The van der Waals surface area contributed by atoms with Crippen LogP contribution in [-0.2, 0) is 0 Å². The second-order valence-electron chi connectivity index (χ2n) is 4.52. The molecule has 102 valence electrons. The quantitative estimate of drug-likeness (QED) is 0.783. The molecule has 0 fully saturated rings. The largest absolute Gasteiger partial charge is 0.484 e. The minimum Gasteiger partial charge on any atom is -0.484 e. The van der Waals surface area contributed by atoms with Crippen molar-refractivity contribution in [3.8, 4) is 5.75 Å². The fourth-order valence-electron chi connectivity index (χ4n) is 2.24. The Balaban J connectivity index is 2.01. The van der Waals surface area contributed by atoms with E-state index in [4.69, 9.17) is 16.3 Å². The highest BCUT2D eigenvalue weighted by atomic mass is 35.5. The van der Waals surface area contributed by atoms with E-state index in [0.717, 1.165) is 6.07 Å². The van der Waals surface area contributed by atoms with Crippen LogP contribution in [0.25, 0.3) is 0 Å². The van der Waals surface area contributed by atoms with Gasteiger partial charge in [-0.2, -0.15) is 0 Å². The van der Waals surface area contributed by atoms with Crippen molar-refractivity contribution in [1.82, 2.24) is 0 Å². The summed E-state index contributed by atoms with van der Waals surface area (Å²) < 4.78 is 32.6. The van der Waals surface area contributed by atoms with E-state index < -0.39 is 17.7 Å². The van der Waals surface area contributed by atoms with Crippen LogP contribution in [0, 0.1) is 11.6 Å². The van der Waals surface area contributed by atoms with Crippen molar-refractivity contribution in [3.05, 3.63) is 64.2 Å². The molecule has 2 aromatic rings. The van der Waals surface area contributed by atoms with Crippen LogP contribution in [0.3, 0.4) is 0 Å². The van der Waals surface area contributed by atoms with Crippen LogP contribution >= 0.6 is 11.6 Å². The first kappa shape index (κ1) is 13.1. The minimum atomic E-state index is -0.984. The standard InChI is InChI=1S/C15H9ClF2O2/c16-8-4-5-13-10(6-8)12(19)7-14(20-13)9-2-1-3-11(17)15(9)18/h1-6,14H,7H2. The van der Waals surface area contributed by atoms with Crippen LogP contribution in [-0.4, -0.2) is 5.78 Å². The summed E-state index contributed by atoms with van der Waals surface area (Å²) in [5.41, 5.74) is 0.407. The number of carbonyl (C=O) groups excluding carboxylic acids is 1. The maximum atomic E-state index is 13.8. The lowest BCUT2D eigenvalue weighted by Crippen LogP contribution is -2.21. The van der Waals surface area contributed by atoms with Crippen LogP contribution < -0.4 is 4.74 Å². The fraction of sp³-hybridized carbons (Fsp3) is 0.133. The Morgan fingerprint density at radius 2 is 2.00 bits per heavy atom. The Kier molecular flexibility index (Phi) is 3.18. The van der Waals surface area contributed by atoms with Gasteiger partial charge in [0.2, 0.25) is 0 Å². The van der Waals surface area contributed by atoms with Crippen molar-refractivity contribution in [2.75, 3.05) is 0 Å². The second kappa shape index (κ2) is 4.87. The Labute approximate surface area is 118 Å².